The van der Waals surface area contributed by atoms with Gasteiger partial charge in [0.05, 0.1) is 22.1 Å². The van der Waals surface area contributed by atoms with E-state index >= 15 is 0 Å². The average Bonchev–Trinajstić information content (AvgIpc) is 3.72. The molecule has 10 rings (SSSR count). The van der Waals surface area contributed by atoms with E-state index in [9.17, 15) is 0 Å². The van der Waals surface area contributed by atoms with Crippen LogP contribution < -0.4 is 4.90 Å². The van der Waals surface area contributed by atoms with Crippen molar-refractivity contribution in [1.29, 1.82) is 0 Å². The minimum Gasteiger partial charge on any atom is -0.310 e. The SMILES string of the molecule is c1ccc(-c2ccc(N(c3ccc(-n4c5ccccc5c5ccccc54)cc3)c3ccc4c5ccccc5n(-c5ccccc5)c4c3)cc2)cc1. The molecule has 0 fully saturated rings. The van der Waals surface area contributed by atoms with Gasteiger partial charge in [0, 0.05) is 50.0 Å². The highest BCUT2D eigenvalue weighted by atomic mass is 15.1. The van der Waals surface area contributed by atoms with Crippen LogP contribution in [0, 0.1) is 0 Å². The van der Waals surface area contributed by atoms with E-state index < -0.39 is 0 Å². The van der Waals surface area contributed by atoms with Crippen LogP contribution in [0.5, 0.6) is 0 Å². The van der Waals surface area contributed by atoms with Gasteiger partial charge in [0.2, 0.25) is 0 Å². The highest BCUT2D eigenvalue weighted by Gasteiger charge is 2.18. The standard InChI is InChI=1S/C48H33N3/c1-3-13-34(14-4-1)35-23-25-37(26-24-35)49(38-27-29-39(30-28-38)50-45-20-10-7-17-41(45)42-18-8-11-21-46(42)50)40-31-32-44-43-19-9-12-22-47(43)51(48(44)33-40)36-15-5-2-6-16-36/h1-33H. The Hall–Kier alpha value is -6.84. The van der Waals surface area contributed by atoms with Crippen LogP contribution in [0.1, 0.15) is 0 Å². The Kier molecular flexibility index (Phi) is 6.81. The molecule has 0 radical (unpaired) electrons. The molecule has 0 aliphatic rings. The monoisotopic (exact) mass is 651 g/mol. The predicted molar refractivity (Wildman–Crippen MR) is 215 cm³/mol. The third kappa shape index (κ3) is 4.82. The van der Waals surface area contributed by atoms with Crippen LogP contribution in [-0.4, -0.2) is 9.13 Å². The number of aromatic nitrogens is 2. The smallest absolute Gasteiger partial charge is 0.0561 e. The molecular formula is C48H33N3. The van der Waals surface area contributed by atoms with E-state index in [-0.39, 0.29) is 0 Å². The molecule has 0 spiro atoms. The molecule has 8 aromatic carbocycles. The van der Waals surface area contributed by atoms with Crippen molar-refractivity contribution in [3.8, 4) is 22.5 Å². The van der Waals surface area contributed by atoms with Gasteiger partial charge in [-0.3, -0.25) is 0 Å². The molecule has 0 aliphatic carbocycles. The van der Waals surface area contributed by atoms with Crippen LogP contribution in [-0.2, 0) is 0 Å². The second-order valence-corrected chi connectivity index (χ2v) is 13.0. The van der Waals surface area contributed by atoms with Gasteiger partial charge < -0.3 is 14.0 Å². The molecule has 0 N–H and O–H groups in total. The van der Waals surface area contributed by atoms with Crippen molar-refractivity contribution in [2.45, 2.75) is 0 Å². The summed E-state index contributed by atoms with van der Waals surface area (Å²) in [5.74, 6) is 0. The summed E-state index contributed by atoms with van der Waals surface area (Å²) in [5.41, 5.74) is 12.8. The van der Waals surface area contributed by atoms with Gasteiger partial charge in [0.1, 0.15) is 0 Å². The zero-order valence-electron chi connectivity index (χ0n) is 27.9. The predicted octanol–water partition coefficient (Wildman–Crippen LogP) is 13.0. The Morgan fingerprint density at radius 3 is 1.24 bits per heavy atom. The van der Waals surface area contributed by atoms with E-state index in [1.165, 1.54) is 54.7 Å². The fourth-order valence-corrected chi connectivity index (χ4v) is 7.79. The lowest BCUT2D eigenvalue weighted by Gasteiger charge is -2.26. The van der Waals surface area contributed by atoms with E-state index in [2.05, 4.69) is 214 Å². The van der Waals surface area contributed by atoms with E-state index in [1.54, 1.807) is 0 Å². The summed E-state index contributed by atoms with van der Waals surface area (Å²) in [7, 11) is 0. The molecule has 0 unspecified atom stereocenters. The maximum Gasteiger partial charge on any atom is 0.0561 e. The summed E-state index contributed by atoms with van der Waals surface area (Å²) in [6.07, 6.45) is 0. The second-order valence-electron chi connectivity index (χ2n) is 13.0. The Morgan fingerprint density at radius 2 is 0.667 bits per heavy atom. The molecule has 240 valence electrons. The first-order valence-corrected chi connectivity index (χ1v) is 17.4. The summed E-state index contributed by atoms with van der Waals surface area (Å²) < 4.78 is 4.76. The summed E-state index contributed by atoms with van der Waals surface area (Å²) in [5, 5.41) is 5.01. The molecule has 2 heterocycles. The summed E-state index contributed by atoms with van der Waals surface area (Å²) in [6, 6.07) is 72.1. The van der Waals surface area contributed by atoms with Crippen molar-refractivity contribution >= 4 is 60.7 Å². The molecule has 0 aliphatic heterocycles. The van der Waals surface area contributed by atoms with E-state index in [4.69, 9.17) is 0 Å². The van der Waals surface area contributed by atoms with Gasteiger partial charge in [-0.15, -0.1) is 0 Å². The van der Waals surface area contributed by atoms with Crippen molar-refractivity contribution in [2.75, 3.05) is 4.90 Å². The Labute approximate surface area is 296 Å². The van der Waals surface area contributed by atoms with Gasteiger partial charge in [0.25, 0.3) is 0 Å². The van der Waals surface area contributed by atoms with Gasteiger partial charge >= 0.3 is 0 Å². The minimum atomic E-state index is 1.09. The lowest BCUT2D eigenvalue weighted by Crippen LogP contribution is -2.10. The van der Waals surface area contributed by atoms with E-state index in [1.807, 2.05) is 0 Å². The van der Waals surface area contributed by atoms with Crippen molar-refractivity contribution in [1.82, 2.24) is 9.13 Å². The van der Waals surface area contributed by atoms with Crippen LogP contribution in [0.15, 0.2) is 200 Å². The van der Waals surface area contributed by atoms with Gasteiger partial charge in [-0.2, -0.15) is 0 Å². The number of rotatable bonds is 6. The van der Waals surface area contributed by atoms with Gasteiger partial charge in [-0.1, -0.05) is 121 Å². The van der Waals surface area contributed by atoms with Crippen LogP contribution in [0.25, 0.3) is 66.1 Å². The Bertz CT molecular complexity index is 2770. The number of benzene rings is 8. The molecule has 0 atom stereocenters. The summed E-state index contributed by atoms with van der Waals surface area (Å²) >= 11 is 0. The highest BCUT2D eigenvalue weighted by molar-refractivity contribution is 6.11. The number of anilines is 3. The largest absolute Gasteiger partial charge is 0.310 e. The van der Waals surface area contributed by atoms with Crippen LogP contribution in [0.3, 0.4) is 0 Å². The third-order valence-corrected chi connectivity index (χ3v) is 10.1. The number of hydrogen-bond donors (Lipinski definition) is 0. The highest BCUT2D eigenvalue weighted by Crippen LogP contribution is 2.41. The number of hydrogen-bond acceptors (Lipinski definition) is 1. The Balaban J connectivity index is 1.15. The molecular weight excluding hydrogens is 619 g/mol. The first kappa shape index (κ1) is 29.1. The normalized spacial score (nSPS) is 11.5. The molecule has 2 aromatic heterocycles. The maximum atomic E-state index is 2.39. The third-order valence-electron chi connectivity index (χ3n) is 10.1. The zero-order valence-corrected chi connectivity index (χ0v) is 27.9. The van der Waals surface area contributed by atoms with Gasteiger partial charge in [0.15, 0.2) is 0 Å². The van der Waals surface area contributed by atoms with Crippen LogP contribution in [0.2, 0.25) is 0 Å². The fourth-order valence-electron chi connectivity index (χ4n) is 7.79. The summed E-state index contributed by atoms with van der Waals surface area (Å²) in [4.78, 5) is 2.37. The molecule has 0 amide bonds. The number of fused-ring (bicyclic) bond motifs is 6. The Morgan fingerprint density at radius 1 is 0.275 bits per heavy atom. The molecule has 0 saturated heterocycles. The average molecular weight is 652 g/mol. The number of para-hydroxylation sites is 4. The zero-order chi connectivity index (χ0) is 33.7. The van der Waals surface area contributed by atoms with E-state index in [0.29, 0.717) is 0 Å². The van der Waals surface area contributed by atoms with E-state index in [0.717, 1.165) is 28.4 Å². The molecule has 3 nitrogen and oxygen atoms in total. The first-order valence-electron chi connectivity index (χ1n) is 17.4. The van der Waals surface area contributed by atoms with Gasteiger partial charge in [-0.25, -0.2) is 0 Å². The van der Waals surface area contributed by atoms with Crippen LogP contribution >= 0.6 is 0 Å². The minimum absolute atomic E-state index is 1.09. The molecule has 51 heavy (non-hydrogen) atoms. The maximum absolute atomic E-state index is 2.39. The van der Waals surface area contributed by atoms with Gasteiger partial charge in [-0.05, 0) is 90.0 Å². The topological polar surface area (TPSA) is 13.1 Å². The quantitative estimate of drug-likeness (QED) is 0.174. The fraction of sp³-hybridized carbons (Fsp3) is 0. The lowest BCUT2D eigenvalue weighted by atomic mass is 10.0. The molecule has 0 saturated carbocycles. The van der Waals surface area contributed by atoms with Crippen LogP contribution in [0.4, 0.5) is 17.1 Å². The second kappa shape index (κ2) is 11.9. The first-order chi connectivity index (χ1) is 25.3. The molecule has 3 heteroatoms. The molecule has 0 bridgehead atoms. The van der Waals surface area contributed by atoms with Crippen molar-refractivity contribution in [2.24, 2.45) is 0 Å². The summed E-state index contributed by atoms with van der Waals surface area (Å²) in [6.45, 7) is 0. The van der Waals surface area contributed by atoms with Crippen molar-refractivity contribution in [3.05, 3.63) is 200 Å². The van der Waals surface area contributed by atoms with Crippen molar-refractivity contribution < 1.29 is 0 Å². The van der Waals surface area contributed by atoms with Crippen molar-refractivity contribution in [3.63, 3.8) is 0 Å². The molecule has 10 aromatic rings. The lowest BCUT2D eigenvalue weighted by molar-refractivity contribution is 1.17. The number of nitrogens with zero attached hydrogens (tertiary/aromatic N) is 3.